The molecule has 0 atom stereocenters. The Balaban J connectivity index is 1.56. The summed E-state index contributed by atoms with van der Waals surface area (Å²) in [5.41, 5.74) is -0.0414. The molecular formula is C16H18N2O6S2. The number of hydrogen-bond acceptors (Lipinski definition) is 6. The Hall–Kier alpha value is -2.17. The van der Waals surface area contributed by atoms with Gasteiger partial charge in [-0.2, -0.15) is 4.31 Å². The van der Waals surface area contributed by atoms with E-state index in [-0.39, 0.29) is 28.8 Å². The first kappa shape index (κ1) is 18.6. The van der Waals surface area contributed by atoms with Crippen molar-refractivity contribution < 1.29 is 27.5 Å². The zero-order valence-corrected chi connectivity index (χ0v) is 15.5. The lowest BCUT2D eigenvalue weighted by atomic mass is 10.2. The van der Waals surface area contributed by atoms with Crippen LogP contribution in [0.5, 0.6) is 0 Å². The number of nitrogens with zero attached hydrogens (tertiary/aromatic N) is 2. The van der Waals surface area contributed by atoms with Gasteiger partial charge in [0, 0.05) is 44.4 Å². The average Bonchev–Trinajstić information content (AvgIpc) is 3.31. The van der Waals surface area contributed by atoms with Gasteiger partial charge in [-0.25, -0.2) is 13.2 Å². The molecule has 1 N–H and O–H groups in total. The van der Waals surface area contributed by atoms with Crippen LogP contribution in [-0.2, 0) is 21.2 Å². The van der Waals surface area contributed by atoms with Gasteiger partial charge in [-0.1, -0.05) is 0 Å². The number of carboxylic acids is 1. The molecule has 1 saturated heterocycles. The van der Waals surface area contributed by atoms with Crippen molar-refractivity contribution in [2.75, 3.05) is 26.2 Å². The molecule has 0 radical (unpaired) electrons. The Kier molecular flexibility index (Phi) is 5.44. The van der Waals surface area contributed by atoms with Gasteiger partial charge >= 0.3 is 5.97 Å². The largest absolute Gasteiger partial charge is 0.478 e. The van der Waals surface area contributed by atoms with Crippen LogP contribution in [0.4, 0.5) is 0 Å². The summed E-state index contributed by atoms with van der Waals surface area (Å²) in [6.07, 6.45) is 2.38. The Morgan fingerprint density at radius 2 is 1.96 bits per heavy atom. The highest BCUT2D eigenvalue weighted by atomic mass is 32.2. The fraction of sp³-hybridized carbons (Fsp3) is 0.375. The Morgan fingerprint density at radius 1 is 1.23 bits per heavy atom. The van der Waals surface area contributed by atoms with Crippen molar-refractivity contribution in [2.45, 2.75) is 17.1 Å². The Bertz CT molecular complexity index is 880. The molecule has 1 aliphatic heterocycles. The second-order valence-corrected chi connectivity index (χ2v) is 8.90. The fourth-order valence-electron chi connectivity index (χ4n) is 2.71. The van der Waals surface area contributed by atoms with Gasteiger partial charge in [0.05, 0.1) is 11.8 Å². The number of carbonyl (C=O) groups excluding carboxylic acids is 1. The Labute approximate surface area is 154 Å². The van der Waals surface area contributed by atoms with Crippen LogP contribution < -0.4 is 0 Å². The molecule has 3 rings (SSSR count). The molecule has 0 bridgehead atoms. The third-order valence-electron chi connectivity index (χ3n) is 4.17. The van der Waals surface area contributed by atoms with E-state index in [1.165, 1.54) is 15.8 Å². The summed E-state index contributed by atoms with van der Waals surface area (Å²) < 4.78 is 31.7. The van der Waals surface area contributed by atoms with E-state index in [4.69, 9.17) is 9.52 Å². The summed E-state index contributed by atoms with van der Waals surface area (Å²) in [5.74, 6) is -0.455. The first-order chi connectivity index (χ1) is 12.4. The molecule has 1 amide bonds. The first-order valence-corrected chi connectivity index (χ1v) is 10.3. The molecule has 0 saturated carbocycles. The normalized spacial score (nSPS) is 15.9. The maximum atomic E-state index is 12.6. The van der Waals surface area contributed by atoms with Gasteiger partial charge in [-0.3, -0.25) is 4.79 Å². The van der Waals surface area contributed by atoms with E-state index in [1.807, 2.05) is 6.07 Å². The van der Waals surface area contributed by atoms with Crippen LogP contribution in [0.15, 0.2) is 38.5 Å². The second kappa shape index (κ2) is 7.60. The van der Waals surface area contributed by atoms with E-state index >= 15 is 0 Å². The van der Waals surface area contributed by atoms with Crippen molar-refractivity contribution in [3.8, 4) is 0 Å². The fourth-order valence-corrected chi connectivity index (χ4v) is 5.44. The van der Waals surface area contributed by atoms with Gasteiger partial charge in [0.2, 0.25) is 5.91 Å². The predicted octanol–water partition coefficient (Wildman–Crippen LogP) is 1.51. The van der Waals surface area contributed by atoms with E-state index < -0.39 is 16.0 Å². The van der Waals surface area contributed by atoms with Crippen molar-refractivity contribution in [3.05, 3.63) is 41.2 Å². The minimum absolute atomic E-state index is 0.00694. The minimum Gasteiger partial charge on any atom is -0.478 e. The van der Waals surface area contributed by atoms with Crippen LogP contribution in [0.1, 0.15) is 22.5 Å². The van der Waals surface area contributed by atoms with Crippen LogP contribution in [0.25, 0.3) is 0 Å². The molecule has 26 heavy (non-hydrogen) atoms. The van der Waals surface area contributed by atoms with Gasteiger partial charge < -0.3 is 14.4 Å². The highest BCUT2D eigenvalue weighted by Crippen LogP contribution is 2.25. The Morgan fingerprint density at radius 3 is 2.54 bits per heavy atom. The molecule has 0 spiro atoms. The van der Waals surface area contributed by atoms with E-state index in [9.17, 15) is 18.0 Å². The third kappa shape index (κ3) is 3.97. The van der Waals surface area contributed by atoms with Crippen molar-refractivity contribution in [1.29, 1.82) is 0 Å². The number of sulfonamides is 1. The standard InChI is InChI=1S/C16H18N2O6S2/c19-14(4-3-13-2-1-9-24-13)17-5-7-18(8-6-17)26(22,23)15-10-12(11-25-15)16(20)21/h1-2,9-11H,3-8H2,(H,20,21). The second-order valence-electron chi connectivity index (χ2n) is 5.82. The van der Waals surface area contributed by atoms with E-state index in [0.717, 1.165) is 17.1 Å². The number of aromatic carboxylic acids is 1. The van der Waals surface area contributed by atoms with Gasteiger partial charge in [-0.15, -0.1) is 11.3 Å². The zero-order chi connectivity index (χ0) is 18.7. The number of thiophene rings is 1. The molecule has 0 unspecified atom stereocenters. The van der Waals surface area contributed by atoms with Gasteiger partial charge in [0.1, 0.15) is 9.97 Å². The summed E-state index contributed by atoms with van der Waals surface area (Å²) in [6.45, 7) is 1.00. The van der Waals surface area contributed by atoms with Crippen LogP contribution in [0, 0.1) is 0 Å². The minimum atomic E-state index is -3.74. The molecule has 2 aromatic heterocycles. The number of carboxylic acid groups (broad SMARTS) is 1. The topological polar surface area (TPSA) is 108 Å². The first-order valence-electron chi connectivity index (χ1n) is 8.00. The lowest BCUT2D eigenvalue weighted by Crippen LogP contribution is -2.50. The van der Waals surface area contributed by atoms with Crippen LogP contribution in [0.2, 0.25) is 0 Å². The lowest BCUT2D eigenvalue weighted by molar-refractivity contribution is -0.132. The average molecular weight is 398 g/mol. The highest BCUT2D eigenvalue weighted by Gasteiger charge is 2.31. The molecular weight excluding hydrogens is 380 g/mol. The quantitative estimate of drug-likeness (QED) is 0.790. The van der Waals surface area contributed by atoms with Crippen molar-refractivity contribution in [2.24, 2.45) is 0 Å². The summed E-state index contributed by atoms with van der Waals surface area (Å²) in [7, 11) is -3.74. The van der Waals surface area contributed by atoms with E-state index in [2.05, 4.69) is 0 Å². The van der Waals surface area contributed by atoms with E-state index in [0.29, 0.717) is 25.9 Å². The van der Waals surface area contributed by atoms with Crippen LogP contribution >= 0.6 is 11.3 Å². The highest BCUT2D eigenvalue weighted by molar-refractivity contribution is 7.91. The zero-order valence-electron chi connectivity index (χ0n) is 13.8. The monoisotopic (exact) mass is 398 g/mol. The number of hydrogen-bond donors (Lipinski definition) is 1. The SMILES string of the molecule is O=C(O)c1csc(S(=O)(=O)N2CCN(C(=O)CCc3ccco3)CC2)c1. The molecule has 10 heteroatoms. The number of rotatable bonds is 6. The number of amides is 1. The number of furan rings is 1. The summed E-state index contributed by atoms with van der Waals surface area (Å²) >= 11 is 0.891. The molecule has 140 valence electrons. The van der Waals surface area contributed by atoms with Gasteiger partial charge in [-0.05, 0) is 18.2 Å². The smallest absolute Gasteiger partial charge is 0.336 e. The summed E-state index contributed by atoms with van der Waals surface area (Å²) in [6, 6.07) is 4.75. The van der Waals surface area contributed by atoms with Gasteiger partial charge in [0.25, 0.3) is 10.0 Å². The number of aryl methyl sites for hydroxylation is 1. The lowest BCUT2D eigenvalue weighted by Gasteiger charge is -2.33. The van der Waals surface area contributed by atoms with Crippen molar-refractivity contribution in [1.82, 2.24) is 9.21 Å². The molecule has 2 aromatic rings. The molecule has 0 aliphatic carbocycles. The van der Waals surface area contributed by atoms with E-state index in [1.54, 1.807) is 17.2 Å². The van der Waals surface area contributed by atoms with Crippen LogP contribution in [0.3, 0.4) is 0 Å². The predicted molar refractivity (Wildman–Crippen MR) is 93.6 cm³/mol. The van der Waals surface area contributed by atoms with Crippen LogP contribution in [-0.4, -0.2) is 60.8 Å². The molecule has 3 heterocycles. The molecule has 1 fully saturated rings. The van der Waals surface area contributed by atoms with Crippen molar-refractivity contribution >= 4 is 33.2 Å². The summed E-state index contributed by atoms with van der Waals surface area (Å²) in [5, 5.41) is 10.2. The number of piperazine rings is 1. The van der Waals surface area contributed by atoms with Gasteiger partial charge in [0.15, 0.2) is 0 Å². The third-order valence-corrected chi connectivity index (χ3v) is 7.49. The number of carbonyl (C=O) groups is 2. The molecule has 0 aromatic carbocycles. The maximum absolute atomic E-state index is 12.6. The molecule has 1 aliphatic rings. The summed E-state index contributed by atoms with van der Waals surface area (Å²) in [4.78, 5) is 24.8. The van der Waals surface area contributed by atoms with Crippen molar-refractivity contribution in [3.63, 3.8) is 0 Å². The maximum Gasteiger partial charge on any atom is 0.336 e. The molecule has 8 nitrogen and oxygen atoms in total.